The number of rotatable bonds is 9. The van der Waals surface area contributed by atoms with E-state index in [1.165, 1.54) is 16.5 Å². The first kappa shape index (κ1) is 23.2. The molecule has 4 rings (SSSR count). The van der Waals surface area contributed by atoms with E-state index in [9.17, 15) is 4.79 Å². The zero-order valence-corrected chi connectivity index (χ0v) is 20.0. The zero-order chi connectivity index (χ0) is 23.2. The molecule has 0 bridgehead atoms. The number of likely N-dealkylation sites (tertiary alicyclic amines) is 1. The highest BCUT2D eigenvalue weighted by molar-refractivity contribution is 5.85. The van der Waals surface area contributed by atoms with Crippen LogP contribution in [0.5, 0.6) is 11.5 Å². The molecule has 0 saturated carbocycles. The van der Waals surface area contributed by atoms with Crippen LogP contribution < -0.4 is 14.8 Å². The summed E-state index contributed by atoms with van der Waals surface area (Å²) in [6, 6.07) is 14.2. The molecule has 1 saturated heterocycles. The highest BCUT2D eigenvalue weighted by Gasteiger charge is 2.25. The fourth-order valence-corrected chi connectivity index (χ4v) is 4.66. The SMILES string of the molecule is CCOc1ccc(CNC(=O)C2CCN(Cc3cn(CC)c4ccc(OC)cc34)CC2)cc1. The molecular weight excluding hydrogens is 414 g/mol. The lowest BCUT2D eigenvalue weighted by atomic mass is 9.95. The van der Waals surface area contributed by atoms with Crippen LogP contribution >= 0.6 is 0 Å². The second-order valence-corrected chi connectivity index (χ2v) is 8.67. The van der Waals surface area contributed by atoms with Gasteiger partial charge in [0.1, 0.15) is 11.5 Å². The van der Waals surface area contributed by atoms with Gasteiger partial charge in [0.25, 0.3) is 0 Å². The topological polar surface area (TPSA) is 55.7 Å². The van der Waals surface area contributed by atoms with E-state index in [0.717, 1.165) is 56.1 Å². The van der Waals surface area contributed by atoms with Crippen LogP contribution in [0, 0.1) is 5.92 Å². The van der Waals surface area contributed by atoms with Crippen molar-refractivity contribution >= 4 is 16.8 Å². The van der Waals surface area contributed by atoms with Gasteiger partial charge in [-0.2, -0.15) is 0 Å². The number of aryl methyl sites for hydroxylation is 1. The van der Waals surface area contributed by atoms with Crippen LogP contribution in [0.1, 0.15) is 37.8 Å². The van der Waals surface area contributed by atoms with Crippen LogP contribution in [0.2, 0.25) is 0 Å². The summed E-state index contributed by atoms with van der Waals surface area (Å²) in [5.74, 6) is 2.00. The number of hydrogen-bond acceptors (Lipinski definition) is 4. The van der Waals surface area contributed by atoms with Crippen LogP contribution in [0.15, 0.2) is 48.7 Å². The second-order valence-electron chi connectivity index (χ2n) is 8.67. The Bertz CT molecular complexity index is 1070. The molecule has 3 aromatic rings. The van der Waals surface area contributed by atoms with Gasteiger partial charge in [0.15, 0.2) is 0 Å². The third-order valence-corrected chi connectivity index (χ3v) is 6.56. The average Bonchev–Trinajstić information content (AvgIpc) is 3.20. The molecule has 1 aliphatic heterocycles. The van der Waals surface area contributed by atoms with Gasteiger partial charge < -0.3 is 19.4 Å². The Morgan fingerprint density at radius 1 is 1.06 bits per heavy atom. The number of ether oxygens (including phenoxy) is 2. The number of hydrogen-bond donors (Lipinski definition) is 1. The van der Waals surface area contributed by atoms with Crippen LogP contribution in [0.4, 0.5) is 0 Å². The van der Waals surface area contributed by atoms with Gasteiger partial charge in [0, 0.05) is 42.7 Å². The summed E-state index contributed by atoms with van der Waals surface area (Å²) in [7, 11) is 1.71. The van der Waals surface area contributed by atoms with Crippen molar-refractivity contribution in [1.29, 1.82) is 0 Å². The van der Waals surface area contributed by atoms with Crippen LogP contribution in [0.25, 0.3) is 10.9 Å². The minimum absolute atomic E-state index is 0.0843. The Labute approximate surface area is 196 Å². The number of nitrogens with one attached hydrogen (secondary N) is 1. The third-order valence-electron chi connectivity index (χ3n) is 6.56. The van der Waals surface area contributed by atoms with Crippen molar-refractivity contribution in [1.82, 2.24) is 14.8 Å². The average molecular weight is 450 g/mol. The van der Waals surface area contributed by atoms with Crippen LogP contribution in [-0.2, 0) is 24.4 Å². The molecule has 0 atom stereocenters. The van der Waals surface area contributed by atoms with Crippen molar-refractivity contribution in [3.8, 4) is 11.5 Å². The monoisotopic (exact) mass is 449 g/mol. The molecule has 1 amide bonds. The lowest BCUT2D eigenvalue weighted by Crippen LogP contribution is -2.40. The van der Waals surface area contributed by atoms with E-state index < -0.39 is 0 Å². The third kappa shape index (κ3) is 5.50. The van der Waals surface area contributed by atoms with E-state index in [1.807, 2.05) is 37.3 Å². The molecule has 0 unspecified atom stereocenters. The number of nitrogens with zero attached hydrogens (tertiary/aromatic N) is 2. The van der Waals surface area contributed by atoms with Crippen molar-refractivity contribution < 1.29 is 14.3 Å². The van der Waals surface area contributed by atoms with Crippen molar-refractivity contribution in [2.45, 2.75) is 46.3 Å². The maximum absolute atomic E-state index is 12.7. The first-order valence-electron chi connectivity index (χ1n) is 12.0. The molecule has 0 aliphatic carbocycles. The zero-order valence-electron chi connectivity index (χ0n) is 20.0. The minimum atomic E-state index is 0.0843. The molecule has 0 radical (unpaired) electrons. The normalized spacial score (nSPS) is 15.0. The molecule has 1 aliphatic rings. The highest BCUT2D eigenvalue weighted by Crippen LogP contribution is 2.28. The Morgan fingerprint density at radius 2 is 1.79 bits per heavy atom. The molecule has 176 valence electrons. The van der Waals surface area contributed by atoms with E-state index in [1.54, 1.807) is 7.11 Å². The molecule has 2 aromatic carbocycles. The van der Waals surface area contributed by atoms with Crippen LogP contribution in [-0.4, -0.2) is 42.2 Å². The van der Waals surface area contributed by atoms with Gasteiger partial charge in [-0.05, 0) is 81.2 Å². The largest absolute Gasteiger partial charge is 0.497 e. The summed E-state index contributed by atoms with van der Waals surface area (Å²) in [6.07, 6.45) is 4.05. The highest BCUT2D eigenvalue weighted by atomic mass is 16.5. The standard InChI is InChI=1S/C27H35N3O3/c1-4-30-19-22(25-16-24(32-3)10-11-26(25)30)18-29-14-12-21(13-15-29)27(31)28-17-20-6-8-23(9-7-20)33-5-2/h6-11,16,19,21H,4-5,12-15,17-18H2,1-3H3,(H,28,31). The first-order chi connectivity index (χ1) is 16.1. The van der Waals surface area contributed by atoms with Crippen molar-refractivity contribution in [2.75, 3.05) is 26.8 Å². The van der Waals surface area contributed by atoms with Crippen molar-refractivity contribution in [3.05, 3.63) is 59.8 Å². The van der Waals surface area contributed by atoms with Gasteiger partial charge in [-0.1, -0.05) is 12.1 Å². The number of fused-ring (bicyclic) bond motifs is 1. The van der Waals surface area contributed by atoms with E-state index in [2.05, 4.69) is 40.0 Å². The van der Waals surface area contributed by atoms with Gasteiger partial charge >= 0.3 is 0 Å². The summed E-state index contributed by atoms with van der Waals surface area (Å²) >= 11 is 0. The smallest absolute Gasteiger partial charge is 0.223 e. The fourth-order valence-electron chi connectivity index (χ4n) is 4.66. The summed E-state index contributed by atoms with van der Waals surface area (Å²) in [5, 5.41) is 4.37. The lowest BCUT2D eigenvalue weighted by molar-refractivity contribution is -0.126. The second kappa shape index (κ2) is 10.8. The van der Waals surface area contributed by atoms with Crippen LogP contribution in [0.3, 0.4) is 0 Å². The van der Waals surface area contributed by atoms with Gasteiger partial charge in [0.05, 0.1) is 13.7 Å². The van der Waals surface area contributed by atoms with Gasteiger partial charge in [-0.3, -0.25) is 9.69 Å². The Balaban J connectivity index is 1.30. The molecule has 1 N–H and O–H groups in total. The van der Waals surface area contributed by atoms with E-state index >= 15 is 0 Å². The molecular formula is C27H35N3O3. The minimum Gasteiger partial charge on any atom is -0.497 e. The Hall–Kier alpha value is -2.99. The number of carbonyl (C=O) groups excluding carboxylic acids is 1. The maximum atomic E-state index is 12.7. The Kier molecular flexibility index (Phi) is 7.55. The summed E-state index contributed by atoms with van der Waals surface area (Å²) in [5.41, 5.74) is 3.66. The van der Waals surface area contributed by atoms with Gasteiger partial charge in [-0.25, -0.2) is 0 Å². The first-order valence-corrected chi connectivity index (χ1v) is 12.0. The molecule has 6 nitrogen and oxygen atoms in total. The molecule has 1 aromatic heterocycles. The molecule has 2 heterocycles. The molecule has 1 fully saturated rings. The van der Waals surface area contributed by atoms with Crippen molar-refractivity contribution in [3.63, 3.8) is 0 Å². The van der Waals surface area contributed by atoms with E-state index in [4.69, 9.17) is 9.47 Å². The maximum Gasteiger partial charge on any atom is 0.223 e. The summed E-state index contributed by atoms with van der Waals surface area (Å²) < 4.78 is 13.2. The van der Waals surface area contributed by atoms with Crippen molar-refractivity contribution in [2.24, 2.45) is 5.92 Å². The quantitative estimate of drug-likeness (QED) is 0.519. The lowest BCUT2D eigenvalue weighted by Gasteiger charge is -2.31. The van der Waals surface area contributed by atoms with E-state index in [-0.39, 0.29) is 11.8 Å². The number of carbonyl (C=O) groups is 1. The van der Waals surface area contributed by atoms with E-state index in [0.29, 0.717) is 13.2 Å². The Morgan fingerprint density at radius 3 is 2.45 bits per heavy atom. The predicted octanol–water partition coefficient (Wildman–Crippen LogP) is 4.60. The number of benzene rings is 2. The fraction of sp³-hybridized carbons (Fsp3) is 0.444. The number of amides is 1. The van der Waals surface area contributed by atoms with Gasteiger partial charge in [0.2, 0.25) is 5.91 Å². The van der Waals surface area contributed by atoms with Gasteiger partial charge in [-0.15, -0.1) is 0 Å². The predicted molar refractivity (Wildman–Crippen MR) is 132 cm³/mol. The summed E-state index contributed by atoms with van der Waals surface area (Å²) in [4.78, 5) is 15.2. The number of methoxy groups -OCH3 is 1. The number of piperidine rings is 1. The molecule has 33 heavy (non-hydrogen) atoms. The number of aromatic nitrogens is 1. The molecule has 6 heteroatoms. The molecule has 0 spiro atoms. The summed E-state index contributed by atoms with van der Waals surface area (Å²) in [6.45, 7) is 9.07.